The van der Waals surface area contributed by atoms with Crippen LogP contribution in [-0.4, -0.2) is 24.3 Å². The summed E-state index contributed by atoms with van der Waals surface area (Å²) >= 11 is 0. The predicted octanol–water partition coefficient (Wildman–Crippen LogP) is 0.922. The van der Waals surface area contributed by atoms with E-state index in [2.05, 4.69) is 9.72 Å². The zero-order chi connectivity index (χ0) is 9.14. The van der Waals surface area contributed by atoms with Crippen LogP contribution in [-0.2, 0) is 4.74 Å². The molecule has 0 atom stereocenters. The van der Waals surface area contributed by atoms with Crippen molar-refractivity contribution in [3.63, 3.8) is 0 Å². The summed E-state index contributed by atoms with van der Waals surface area (Å²) < 4.78 is 4.47. The van der Waals surface area contributed by atoms with Gasteiger partial charge in [0.1, 0.15) is 0 Å². The van der Waals surface area contributed by atoms with Gasteiger partial charge in [0.05, 0.1) is 12.7 Å². The van der Waals surface area contributed by atoms with Crippen molar-refractivity contribution >= 4 is 12.3 Å². The lowest BCUT2D eigenvalue weighted by Crippen LogP contribution is -2.02. The molecule has 12 heavy (non-hydrogen) atoms. The molecule has 0 unspecified atom stereocenters. The summed E-state index contributed by atoms with van der Waals surface area (Å²) in [5.74, 6) is -0.499. The van der Waals surface area contributed by atoms with Crippen molar-refractivity contribution in [2.24, 2.45) is 0 Å². The molecule has 1 aromatic rings. The first-order chi connectivity index (χ1) is 5.70. The monoisotopic (exact) mass is 167 g/mol. The maximum Gasteiger partial charge on any atom is 0.340 e. The number of aryl methyl sites for hydroxylation is 1. The highest BCUT2D eigenvalue weighted by Crippen LogP contribution is 2.11. The van der Waals surface area contributed by atoms with Crippen LogP contribution < -0.4 is 0 Å². The van der Waals surface area contributed by atoms with Crippen molar-refractivity contribution in [2.75, 3.05) is 7.11 Å². The van der Waals surface area contributed by atoms with Crippen LogP contribution >= 0.6 is 0 Å². The summed E-state index contributed by atoms with van der Waals surface area (Å²) in [4.78, 5) is 24.3. The summed E-state index contributed by atoms with van der Waals surface area (Å²) in [6, 6.07) is 0. The number of carbonyl (C=O) groups excluding carboxylic acids is 2. The zero-order valence-electron chi connectivity index (χ0n) is 6.88. The molecule has 0 radical (unpaired) electrons. The number of rotatable bonds is 2. The molecule has 1 N–H and O–H groups in total. The first kappa shape index (κ1) is 8.52. The van der Waals surface area contributed by atoms with Gasteiger partial charge in [0.2, 0.25) is 0 Å². The number of esters is 1. The Bertz CT molecular complexity index is 314. The molecule has 0 aliphatic rings. The van der Waals surface area contributed by atoms with Crippen LogP contribution in [0.15, 0.2) is 6.20 Å². The quantitative estimate of drug-likeness (QED) is 0.526. The summed E-state index contributed by atoms with van der Waals surface area (Å²) in [5, 5.41) is 0. The van der Waals surface area contributed by atoms with Gasteiger partial charge < -0.3 is 9.72 Å². The molecule has 0 saturated heterocycles. The Morgan fingerprint density at radius 1 is 1.67 bits per heavy atom. The van der Waals surface area contributed by atoms with Crippen LogP contribution in [0.3, 0.4) is 0 Å². The molecule has 0 bridgehead atoms. The number of aromatic amines is 1. The predicted molar refractivity (Wildman–Crippen MR) is 42.3 cm³/mol. The highest BCUT2D eigenvalue weighted by Gasteiger charge is 2.14. The van der Waals surface area contributed by atoms with Gasteiger partial charge in [0, 0.05) is 17.5 Å². The molecular weight excluding hydrogens is 158 g/mol. The molecule has 4 heteroatoms. The SMILES string of the molecule is COC(=O)c1c[nH]c(C)c1C=O. The van der Waals surface area contributed by atoms with Crippen LogP contribution in [0.1, 0.15) is 26.4 Å². The number of nitrogens with one attached hydrogen (secondary N) is 1. The topological polar surface area (TPSA) is 59.2 Å². The number of H-pyrrole nitrogens is 1. The number of aldehydes is 1. The first-order valence-corrected chi connectivity index (χ1v) is 3.42. The average Bonchev–Trinajstić information content (AvgIpc) is 2.45. The van der Waals surface area contributed by atoms with Gasteiger partial charge in [-0.1, -0.05) is 0 Å². The fraction of sp³-hybridized carbons (Fsp3) is 0.250. The lowest BCUT2D eigenvalue weighted by molar-refractivity contribution is 0.0598. The number of aromatic nitrogens is 1. The van der Waals surface area contributed by atoms with Crippen LogP contribution in [0, 0.1) is 6.92 Å². The van der Waals surface area contributed by atoms with Crippen LogP contribution in [0.25, 0.3) is 0 Å². The van der Waals surface area contributed by atoms with E-state index in [-0.39, 0.29) is 5.56 Å². The van der Waals surface area contributed by atoms with E-state index in [9.17, 15) is 9.59 Å². The number of methoxy groups -OCH3 is 1. The van der Waals surface area contributed by atoms with E-state index >= 15 is 0 Å². The van der Waals surface area contributed by atoms with Crippen molar-refractivity contribution in [2.45, 2.75) is 6.92 Å². The Morgan fingerprint density at radius 2 is 2.33 bits per heavy atom. The fourth-order valence-electron chi connectivity index (χ4n) is 0.969. The van der Waals surface area contributed by atoms with Crippen LogP contribution in [0.4, 0.5) is 0 Å². The fourth-order valence-corrected chi connectivity index (χ4v) is 0.969. The van der Waals surface area contributed by atoms with E-state index in [0.29, 0.717) is 17.5 Å². The smallest absolute Gasteiger partial charge is 0.340 e. The van der Waals surface area contributed by atoms with Crippen molar-refractivity contribution < 1.29 is 14.3 Å². The molecule has 0 aromatic carbocycles. The Hall–Kier alpha value is -1.58. The molecule has 64 valence electrons. The second-order valence-corrected chi connectivity index (χ2v) is 2.35. The lowest BCUT2D eigenvalue weighted by Gasteiger charge is -1.95. The zero-order valence-corrected chi connectivity index (χ0v) is 6.88. The van der Waals surface area contributed by atoms with Crippen molar-refractivity contribution in [3.8, 4) is 0 Å². The standard InChI is InChI=1S/C8H9NO3/c1-5-7(4-10)6(3-9-5)8(11)12-2/h3-4,9H,1-2H3. The second kappa shape index (κ2) is 3.21. The number of hydrogen-bond acceptors (Lipinski definition) is 3. The molecule has 0 fully saturated rings. The first-order valence-electron chi connectivity index (χ1n) is 3.42. The van der Waals surface area contributed by atoms with Crippen LogP contribution in [0.2, 0.25) is 0 Å². The molecular formula is C8H9NO3. The minimum atomic E-state index is -0.499. The van der Waals surface area contributed by atoms with Gasteiger partial charge in [0.15, 0.2) is 6.29 Å². The Morgan fingerprint density at radius 3 is 2.83 bits per heavy atom. The van der Waals surface area contributed by atoms with E-state index in [1.807, 2.05) is 0 Å². The molecule has 4 nitrogen and oxygen atoms in total. The van der Waals surface area contributed by atoms with Gasteiger partial charge in [0.25, 0.3) is 0 Å². The van der Waals surface area contributed by atoms with E-state index in [1.165, 1.54) is 13.3 Å². The van der Waals surface area contributed by atoms with Gasteiger partial charge in [-0.3, -0.25) is 4.79 Å². The Balaban J connectivity index is 3.15. The second-order valence-electron chi connectivity index (χ2n) is 2.35. The molecule has 1 aromatic heterocycles. The molecule has 1 heterocycles. The van der Waals surface area contributed by atoms with Gasteiger partial charge >= 0.3 is 5.97 Å². The largest absolute Gasteiger partial charge is 0.465 e. The highest BCUT2D eigenvalue weighted by molar-refractivity contribution is 5.98. The Kier molecular flexibility index (Phi) is 2.28. The van der Waals surface area contributed by atoms with E-state index in [4.69, 9.17) is 0 Å². The van der Waals surface area contributed by atoms with Crippen LogP contribution in [0.5, 0.6) is 0 Å². The molecule has 0 saturated carbocycles. The normalized spacial score (nSPS) is 9.50. The third-order valence-corrected chi connectivity index (χ3v) is 1.65. The third kappa shape index (κ3) is 1.23. The molecule has 0 spiro atoms. The van der Waals surface area contributed by atoms with Crippen molar-refractivity contribution in [3.05, 3.63) is 23.0 Å². The van der Waals surface area contributed by atoms with Crippen molar-refractivity contribution in [1.82, 2.24) is 4.98 Å². The van der Waals surface area contributed by atoms with Gasteiger partial charge in [-0.05, 0) is 6.92 Å². The number of ether oxygens (including phenoxy) is 1. The summed E-state index contributed by atoms with van der Waals surface area (Å²) in [7, 11) is 1.28. The molecule has 1 rings (SSSR count). The number of carbonyl (C=O) groups is 2. The van der Waals surface area contributed by atoms with Gasteiger partial charge in [-0.15, -0.1) is 0 Å². The minimum absolute atomic E-state index is 0.282. The van der Waals surface area contributed by atoms with E-state index < -0.39 is 5.97 Å². The van der Waals surface area contributed by atoms with Gasteiger partial charge in [-0.25, -0.2) is 4.79 Å². The maximum atomic E-state index is 11.0. The summed E-state index contributed by atoms with van der Waals surface area (Å²) in [6.45, 7) is 1.72. The van der Waals surface area contributed by atoms with E-state index in [0.717, 1.165) is 0 Å². The van der Waals surface area contributed by atoms with Gasteiger partial charge in [-0.2, -0.15) is 0 Å². The Labute approximate surface area is 69.5 Å². The molecule has 0 amide bonds. The lowest BCUT2D eigenvalue weighted by atomic mass is 10.2. The third-order valence-electron chi connectivity index (χ3n) is 1.65. The molecule has 0 aliphatic heterocycles. The van der Waals surface area contributed by atoms with E-state index in [1.54, 1.807) is 6.92 Å². The highest BCUT2D eigenvalue weighted by atomic mass is 16.5. The summed E-state index contributed by atoms with van der Waals surface area (Å²) in [5.41, 5.74) is 1.32. The van der Waals surface area contributed by atoms with Crippen molar-refractivity contribution in [1.29, 1.82) is 0 Å². The molecule has 0 aliphatic carbocycles. The maximum absolute atomic E-state index is 11.0. The summed E-state index contributed by atoms with van der Waals surface area (Å²) in [6.07, 6.45) is 2.10. The number of hydrogen-bond donors (Lipinski definition) is 1. The average molecular weight is 167 g/mol. The minimum Gasteiger partial charge on any atom is -0.465 e.